The molecule has 0 aliphatic heterocycles. The van der Waals surface area contributed by atoms with E-state index >= 15 is 0 Å². The van der Waals surface area contributed by atoms with E-state index in [4.69, 9.17) is 10.5 Å². The lowest BCUT2D eigenvalue weighted by Gasteiger charge is -2.11. The van der Waals surface area contributed by atoms with Crippen LogP contribution in [0.4, 0.5) is 0 Å². The van der Waals surface area contributed by atoms with Crippen LogP contribution in [-0.4, -0.2) is 15.9 Å². The van der Waals surface area contributed by atoms with Gasteiger partial charge in [0.25, 0.3) is 5.56 Å². The summed E-state index contributed by atoms with van der Waals surface area (Å²) in [7, 11) is 0. The highest BCUT2D eigenvalue weighted by atomic mass is 16.5. The van der Waals surface area contributed by atoms with Gasteiger partial charge >= 0.3 is 0 Å². The number of ether oxygens (including phenoxy) is 1. The van der Waals surface area contributed by atoms with Crippen molar-refractivity contribution in [3.8, 4) is 17.0 Å². The molecule has 0 unspecified atom stereocenters. The molecule has 1 aromatic carbocycles. The number of hydrogen-bond acceptors (Lipinski definition) is 4. The van der Waals surface area contributed by atoms with Crippen molar-refractivity contribution in [2.45, 2.75) is 46.4 Å². The summed E-state index contributed by atoms with van der Waals surface area (Å²) in [5.74, 6) is 0.819. The zero-order chi connectivity index (χ0) is 16.1. The molecule has 2 N–H and O–H groups in total. The number of nitrogens with two attached hydrogens (primary N) is 1. The summed E-state index contributed by atoms with van der Waals surface area (Å²) in [5.41, 5.74) is 7.86. The average Bonchev–Trinajstić information content (AvgIpc) is 2.50. The van der Waals surface area contributed by atoms with Gasteiger partial charge in [-0.1, -0.05) is 6.92 Å². The molecule has 0 saturated carbocycles. The SMILES string of the molecule is CCCn1nc(-c2ccc(OC(C)C)cc2)cc(CN)c1=O. The van der Waals surface area contributed by atoms with Crippen molar-refractivity contribution in [1.82, 2.24) is 9.78 Å². The smallest absolute Gasteiger partial charge is 0.271 e. The van der Waals surface area contributed by atoms with Crippen LogP contribution in [0.15, 0.2) is 35.1 Å². The van der Waals surface area contributed by atoms with Crippen LogP contribution >= 0.6 is 0 Å². The fourth-order valence-corrected chi connectivity index (χ4v) is 2.22. The molecular weight excluding hydrogens is 278 g/mol. The van der Waals surface area contributed by atoms with Crippen molar-refractivity contribution in [3.63, 3.8) is 0 Å². The van der Waals surface area contributed by atoms with Gasteiger partial charge in [-0.15, -0.1) is 0 Å². The molecule has 5 nitrogen and oxygen atoms in total. The van der Waals surface area contributed by atoms with Gasteiger partial charge < -0.3 is 10.5 Å². The Labute approximate surface area is 130 Å². The van der Waals surface area contributed by atoms with Crippen LogP contribution in [0.5, 0.6) is 5.75 Å². The van der Waals surface area contributed by atoms with Gasteiger partial charge in [-0.25, -0.2) is 4.68 Å². The summed E-state index contributed by atoms with van der Waals surface area (Å²) in [6.07, 6.45) is 0.987. The van der Waals surface area contributed by atoms with E-state index in [9.17, 15) is 4.79 Å². The summed E-state index contributed by atoms with van der Waals surface area (Å²) in [6, 6.07) is 9.48. The summed E-state index contributed by atoms with van der Waals surface area (Å²) in [4.78, 5) is 12.1. The minimum atomic E-state index is -0.104. The predicted molar refractivity (Wildman–Crippen MR) is 87.9 cm³/mol. The summed E-state index contributed by atoms with van der Waals surface area (Å²) in [6.45, 7) is 6.80. The lowest BCUT2D eigenvalue weighted by molar-refractivity contribution is 0.242. The van der Waals surface area contributed by atoms with Crippen molar-refractivity contribution in [3.05, 3.63) is 46.2 Å². The van der Waals surface area contributed by atoms with Crippen molar-refractivity contribution in [2.24, 2.45) is 5.73 Å². The largest absolute Gasteiger partial charge is 0.491 e. The van der Waals surface area contributed by atoms with E-state index in [1.54, 1.807) is 6.07 Å². The first kappa shape index (κ1) is 16.2. The number of benzene rings is 1. The average molecular weight is 301 g/mol. The van der Waals surface area contributed by atoms with Crippen molar-refractivity contribution in [2.75, 3.05) is 0 Å². The van der Waals surface area contributed by atoms with Gasteiger partial charge in [-0.05, 0) is 50.6 Å². The number of hydrogen-bond donors (Lipinski definition) is 1. The summed E-state index contributed by atoms with van der Waals surface area (Å²) >= 11 is 0. The van der Waals surface area contributed by atoms with Crippen LogP contribution < -0.4 is 16.0 Å². The molecule has 0 atom stereocenters. The van der Waals surface area contributed by atoms with E-state index in [1.807, 2.05) is 45.0 Å². The zero-order valence-corrected chi connectivity index (χ0v) is 13.4. The first-order valence-electron chi connectivity index (χ1n) is 7.63. The number of aryl methyl sites for hydroxylation is 1. The highest BCUT2D eigenvalue weighted by molar-refractivity contribution is 5.60. The third kappa shape index (κ3) is 3.74. The van der Waals surface area contributed by atoms with E-state index < -0.39 is 0 Å². The van der Waals surface area contributed by atoms with Crippen molar-refractivity contribution >= 4 is 0 Å². The predicted octanol–water partition coefficient (Wildman–Crippen LogP) is 2.57. The lowest BCUT2D eigenvalue weighted by Crippen LogP contribution is -2.28. The fraction of sp³-hybridized carbons (Fsp3) is 0.412. The molecule has 118 valence electrons. The summed E-state index contributed by atoms with van der Waals surface area (Å²) < 4.78 is 7.13. The van der Waals surface area contributed by atoms with Crippen molar-refractivity contribution < 1.29 is 4.74 Å². The van der Waals surface area contributed by atoms with Crippen LogP contribution in [-0.2, 0) is 13.1 Å². The second kappa shape index (κ2) is 7.22. The van der Waals surface area contributed by atoms with Gasteiger partial charge in [0, 0.05) is 24.2 Å². The third-order valence-corrected chi connectivity index (χ3v) is 3.23. The Hall–Kier alpha value is -2.14. The molecule has 22 heavy (non-hydrogen) atoms. The quantitative estimate of drug-likeness (QED) is 0.890. The Balaban J connectivity index is 2.39. The third-order valence-electron chi connectivity index (χ3n) is 3.23. The topological polar surface area (TPSA) is 70.1 Å². The normalized spacial score (nSPS) is 11.0. The molecule has 2 aromatic rings. The van der Waals surface area contributed by atoms with E-state index in [0.29, 0.717) is 12.1 Å². The molecule has 0 bridgehead atoms. The van der Waals surface area contributed by atoms with Crippen LogP contribution in [0.3, 0.4) is 0 Å². The Morgan fingerprint density at radius 1 is 1.27 bits per heavy atom. The second-order valence-electron chi connectivity index (χ2n) is 5.48. The Morgan fingerprint density at radius 3 is 2.50 bits per heavy atom. The summed E-state index contributed by atoms with van der Waals surface area (Å²) in [5, 5.41) is 4.44. The maximum absolute atomic E-state index is 12.1. The van der Waals surface area contributed by atoms with Gasteiger partial charge in [-0.2, -0.15) is 5.10 Å². The lowest BCUT2D eigenvalue weighted by atomic mass is 10.1. The standard InChI is InChI=1S/C17H23N3O2/c1-4-9-20-17(21)14(11-18)10-16(19-20)13-5-7-15(8-6-13)22-12(2)3/h5-8,10,12H,4,9,11,18H2,1-3H3. The minimum absolute atomic E-state index is 0.104. The second-order valence-corrected chi connectivity index (χ2v) is 5.48. The van der Waals surface area contributed by atoms with E-state index in [1.165, 1.54) is 4.68 Å². The molecule has 0 spiro atoms. The molecule has 0 aliphatic rings. The van der Waals surface area contributed by atoms with Gasteiger partial charge in [0.2, 0.25) is 0 Å². The number of rotatable bonds is 6. The first-order chi connectivity index (χ1) is 10.5. The fourth-order valence-electron chi connectivity index (χ4n) is 2.22. The molecule has 0 fully saturated rings. The minimum Gasteiger partial charge on any atom is -0.491 e. The van der Waals surface area contributed by atoms with E-state index in [-0.39, 0.29) is 18.2 Å². The molecule has 0 amide bonds. The molecular formula is C17H23N3O2. The number of nitrogens with zero attached hydrogens (tertiary/aromatic N) is 2. The first-order valence-corrected chi connectivity index (χ1v) is 7.63. The maximum Gasteiger partial charge on any atom is 0.271 e. The monoisotopic (exact) mass is 301 g/mol. The molecule has 0 aliphatic carbocycles. The van der Waals surface area contributed by atoms with E-state index in [2.05, 4.69) is 5.10 Å². The number of aromatic nitrogens is 2. The molecule has 1 heterocycles. The maximum atomic E-state index is 12.1. The van der Waals surface area contributed by atoms with Crippen molar-refractivity contribution in [1.29, 1.82) is 0 Å². The Kier molecular flexibility index (Phi) is 5.33. The highest BCUT2D eigenvalue weighted by Crippen LogP contribution is 2.21. The van der Waals surface area contributed by atoms with E-state index in [0.717, 1.165) is 23.4 Å². The van der Waals surface area contributed by atoms with Gasteiger partial charge in [0.05, 0.1) is 11.8 Å². The molecule has 5 heteroatoms. The van der Waals surface area contributed by atoms with Crippen LogP contribution in [0.25, 0.3) is 11.3 Å². The van der Waals surface area contributed by atoms with Crippen LogP contribution in [0, 0.1) is 0 Å². The van der Waals surface area contributed by atoms with Crippen LogP contribution in [0.1, 0.15) is 32.8 Å². The molecule has 2 rings (SSSR count). The van der Waals surface area contributed by atoms with Crippen LogP contribution in [0.2, 0.25) is 0 Å². The Bertz CT molecular complexity index is 675. The van der Waals surface area contributed by atoms with Gasteiger partial charge in [-0.3, -0.25) is 4.79 Å². The molecule has 0 saturated heterocycles. The van der Waals surface area contributed by atoms with Gasteiger partial charge in [0.1, 0.15) is 5.75 Å². The van der Waals surface area contributed by atoms with Gasteiger partial charge in [0.15, 0.2) is 0 Å². The zero-order valence-electron chi connectivity index (χ0n) is 13.4. The molecule has 1 aromatic heterocycles. The Morgan fingerprint density at radius 2 is 1.95 bits per heavy atom. The highest BCUT2D eigenvalue weighted by Gasteiger charge is 2.09. The molecule has 0 radical (unpaired) electrons.